The molecule has 0 aliphatic rings. The van der Waals surface area contributed by atoms with E-state index >= 15 is 0 Å². The molecule has 1 atom stereocenters. The van der Waals surface area contributed by atoms with Crippen LogP contribution in [0.5, 0.6) is 0 Å². The Labute approximate surface area is 85.7 Å². The molecule has 14 heavy (non-hydrogen) atoms. The van der Waals surface area contributed by atoms with E-state index in [-0.39, 0.29) is 0 Å². The molecule has 0 heterocycles. The third-order valence-corrected chi connectivity index (χ3v) is 2.57. The second-order valence-corrected chi connectivity index (χ2v) is 3.74. The number of nitrogens with two attached hydrogens (primary N) is 2. The van der Waals surface area contributed by atoms with Gasteiger partial charge in [-0.2, -0.15) is 0 Å². The van der Waals surface area contributed by atoms with Gasteiger partial charge in [0.05, 0.1) is 0 Å². The van der Waals surface area contributed by atoms with Crippen LogP contribution in [0.2, 0.25) is 0 Å². The lowest BCUT2D eigenvalue weighted by atomic mass is 10.1. The van der Waals surface area contributed by atoms with Gasteiger partial charge in [-0.15, -0.1) is 0 Å². The minimum atomic E-state index is -0.700. The average molecular weight is 210 g/mol. The van der Waals surface area contributed by atoms with Crippen molar-refractivity contribution >= 4 is 22.9 Å². The minimum absolute atomic E-state index is 0.569. The quantitative estimate of drug-likeness (QED) is 0.781. The molecule has 0 bridgehead atoms. The largest absolute Gasteiger partial charge is 0.368 e. The van der Waals surface area contributed by atoms with Crippen LogP contribution in [-0.4, -0.2) is 11.1 Å². The highest BCUT2D eigenvalue weighted by Gasteiger charge is 2.20. The van der Waals surface area contributed by atoms with Crippen molar-refractivity contribution in [1.29, 1.82) is 0 Å². The van der Waals surface area contributed by atoms with Crippen LogP contribution in [0.25, 0.3) is 0 Å². The first-order valence-electron chi connectivity index (χ1n) is 3.91. The SMILES string of the molecule is NC(=O)SC(C(N)=O)c1ccccc1. The predicted octanol–water partition coefficient (Wildman–Crippen LogP) is 1.02. The highest BCUT2D eigenvalue weighted by molar-refractivity contribution is 8.14. The van der Waals surface area contributed by atoms with Crippen molar-refractivity contribution < 1.29 is 9.59 Å². The van der Waals surface area contributed by atoms with Gasteiger partial charge in [0.1, 0.15) is 5.25 Å². The fraction of sp³-hybridized carbons (Fsp3) is 0.111. The number of benzene rings is 1. The molecule has 2 amide bonds. The molecule has 1 unspecified atom stereocenters. The molecule has 5 heteroatoms. The number of hydrogen-bond acceptors (Lipinski definition) is 3. The number of carbonyl (C=O) groups excluding carboxylic acids is 2. The number of hydrogen-bond donors (Lipinski definition) is 2. The molecule has 4 nitrogen and oxygen atoms in total. The molecule has 0 saturated carbocycles. The van der Waals surface area contributed by atoms with Crippen LogP contribution < -0.4 is 11.5 Å². The van der Waals surface area contributed by atoms with Crippen LogP contribution in [0.1, 0.15) is 10.8 Å². The normalized spacial score (nSPS) is 12.0. The maximum atomic E-state index is 11.0. The van der Waals surface area contributed by atoms with Crippen LogP contribution in [0, 0.1) is 0 Å². The van der Waals surface area contributed by atoms with Crippen molar-refractivity contribution in [1.82, 2.24) is 0 Å². The Morgan fingerprint density at radius 2 is 1.71 bits per heavy atom. The zero-order chi connectivity index (χ0) is 10.6. The molecule has 1 aromatic carbocycles. The molecule has 0 aliphatic carbocycles. The van der Waals surface area contributed by atoms with E-state index in [9.17, 15) is 9.59 Å². The Bertz CT molecular complexity index is 340. The number of carbonyl (C=O) groups is 2. The van der Waals surface area contributed by atoms with E-state index in [0.717, 1.165) is 11.8 Å². The second-order valence-electron chi connectivity index (χ2n) is 2.63. The molecule has 4 N–H and O–H groups in total. The van der Waals surface area contributed by atoms with Gasteiger partial charge in [0.2, 0.25) is 5.91 Å². The first-order chi connectivity index (χ1) is 6.61. The molecule has 0 aromatic heterocycles. The summed E-state index contributed by atoms with van der Waals surface area (Å²) >= 11 is 0.725. The van der Waals surface area contributed by atoms with Gasteiger partial charge in [-0.1, -0.05) is 30.3 Å². The summed E-state index contributed by atoms with van der Waals surface area (Å²) in [7, 11) is 0. The highest BCUT2D eigenvalue weighted by Crippen LogP contribution is 2.27. The first-order valence-corrected chi connectivity index (χ1v) is 4.79. The molecule has 0 radical (unpaired) electrons. The van der Waals surface area contributed by atoms with E-state index in [1.165, 1.54) is 0 Å². The topological polar surface area (TPSA) is 86.2 Å². The van der Waals surface area contributed by atoms with Crippen LogP contribution in [-0.2, 0) is 4.79 Å². The Morgan fingerprint density at radius 3 is 2.14 bits per heavy atom. The summed E-state index contributed by atoms with van der Waals surface area (Å²) in [5.74, 6) is -0.569. The lowest BCUT2D eigenvalue weighted by Crippen LogP contribution is -2.21. The number of rotatable bonds is 3. The summed E-state index contributed by atoms with van der Waals surface area (Å²) in [4.78, 5) is 21.7. The molecule has 0 fully saturated rings. The number of primary amides is 2. The maximum absolute atomic E-state index is 11.0. The molecule has 1 rings (SSSR count). The van der Waals surface area contributed by atoms with Gasteiger partial charge < -0.3 is 11.5 Å². The lowest BCUT2D eigenvalue weighted by molar-refractivity contribution is -0.117. The van der Waals surface area contributed by atoms with E-state index in [0.29, 0.717) is 5.56 Å². The molecule has 0 saturated heterocycles. The summed E-state index contributed by atoms with van der Waals surface area (Å²) in [6, 6.07) is 8.81. The zero-order valence-corrected chi connectivity index (χ0v) is 8.16. The van der Waals surface area contributed by atoms with Gasteiger partial charge in [-0.3, -0.25) is 9.59 Å². The highest BCUT2D eigenvalue weighted by atomic mass is 32.2. The van der Waals surface area contributed by atoms with Gasteiger partial charge in [0.25, 0.3) is 5.24 Å². The first kappa shape index (κ1) is 10.6. The molecular weight excluding hydrogens is 200 g/mol. The van der Waals surface area contributed by atoms with E-state index in [1.54, 1.807) is 24.3 Å². The monoisotopic (exact) mass is 210 g/mol. The molecule has 74 valence electrons. The second kappa shape index (κ2) is 4.66. The van der Waals surface area contributed by atoms with Crippen molar-refractivity contribution in [2.24, 2.45) is 11.5 Å². The fourth-order valence-corrected chi connectivity index (χ4v) is 1.68. The standard InChI is InChI=1S/C9H10N2O2S/c10-8(12)7(14-9(11)13)6-4-2-1-3-5-6/h1-5,7H,(H2,10,12)(H2,11,13). The van der Waals surface area contributed by atoms with E-state index < -0.39 is 16.4 Å². The Kier molecular flexibility index (Phi) is 3.53. The van der Waals surface area contributed by atoms with Crippen molar-refractivity contribution in [2.45, 2.75) is 5.25 Å². The summed E-state index contributed by atoms with van der Waals surface area (Å²) in [6.45, 7) is 0. The van der Waals surface area contributed by atoms with Crippen molar-refractivity contribution in [3.63, 3.8) is 0 Å². The predicted molar refractivity (Wildman–Crippen MR) is 55.6 cm³/mol. The molecule has 0 spiro atoms. The van der Waals surface area contributed by atoms with Crippen molar-refractivity contribution in [3.05, 3.63) is 35.9 Å². The minimum Gasteiger partial charge on any atom is -0.368 e. The van der Waals surface area contributed by atoms with Crippen LogP contribution >= 0.6 is 11.8 Å². The van der Waals surface area contributed by atoms with E-state index in [1.807, 2.05) is 6.07 Å². The third kappa shape index (κ3) is 2.77. The summed E-state index contributed by atoms with van der Waals surface area (Å²) in [5, 5.41) is -1.31. The van der Waals surface area contributed by atoms with Gasteiger partial charge in [0, 0.05) is 0 Å². The van der Waals surface area contributed by atoms with E-state index in [2.05, 4.69) is 0 Å². The average Bonchev–Trinajstić information content (AvgIpc) is 2.15. The molecule has 1 aromatic rings. The Balaban J connectivity index is 2.89. The van der Waals surface area contributed by atoms with Gasteiger partial charge in [-0.05, 0) is 17.3 Å². The summed E-state index contributed by atoms with van der Waals surface area (Å²) in [5.41, 5.74) is 10.8. The summed E-state index contributed by atoms with van der Waals surface area (Å²) < 4.78 is 0. The van der Waals surface area contributed by atoms with E-state index in [4.69, 9.17) is 11.5 Å². The van der Waals surface area contributed by atoms with Crippen molar-refractivity contribution in [3.8, 4) is 0 Å². The summed E-state index contributed by atoms with van der Waals surface area (Å²) in [6.07, 6.45) is 0. The van der Waals surface area contributed by atoms with Gasteiger partial charge in [0.15, 0.2) is 0 Å². The Morgan fingerprint density at radius 1 is 1.14 bits per heavy atom. The third-order valence-electron chi connectivity index (χ3n) is 1.59. The smallest absolute Gasteiger partial charge is 0.277 e. The molecular formula is C9H10N2O2S. The van der Waals surface area contributed by atoms with Crippen LogP contribution in [0.4, 0.5) is 4.79 Å². The van der Waals surface area contributed by atoms with Gasteiger partial charge in [-0.25, -0.2) is 0 Å². The lowest BCUT2D eigenvalue weighted by Gasteiger charge is -2.10. The molecule has 0 aliphatic heterocycles. The van der Waals surface area contributed by atoms with Crippen molar-refractivity contribution in [2.75, 3.05) is 0 Å². The van der Waals surface area contributed by atoms with Crippen LogP contribution in [0.3, 0.4) is 0 Å². The zero-order valence-electron chi connectivity index (χ0n) is 7.34. The fourth-order valence-electron chi connectivity index (χ4n) is 1.03. The van der Waals surface area contributed by atoms with Gasteiger partial charge >= 0.3 is 0 Å². The maximum Gasteiger partial charge on any atom is 0.277 e. The number of thioether (sulfide) groups is 1. The Hall–Kier alpha value is -1.49. The number of amides is 2. The van der Waals surface area contributed by atoms with Crippen LogP contribution in [0.15, 0.2) is 30.3 Å².